The normalized spacial score (nSPS) is 15.0. The van der Waals surface area contributed by atoms with Gasteiger partial charge in [-0.15, -0.1) is 0 Å². The minimum atomic E-state index is -1.26. The molecule has 0 saturated carbocycles. The molecule has 1 aliphatic heterocycles. The maximum atomic E-state index is 10.2. The number of allylic oxidation sites excluding steroid dienone is 2. The minimum absolute atomic E-state index is 0.208. The first kappa shape index (κ1) is 8.12. The number of carbonyl (C=O) groups is 2. The number of nitrogens with one attached hydrogen (secondary N) is 1. The maximum absolute atomic E-state index is 10.2. The quantitative estimate of drug-likeness (QED) is 0.516. The van der Waals surface area contributed by atoms with Gasteiger partial charge in [0.15, 0.2) is 5.70 Å². The van der Waals surface area contributed by atoms with Gasteiger partial charge in [0.2, 0.25) is 5.76 Å². The fraction of sp³-hybridized carbons (Fsp3) is 0. The summed E-state index contributed by atoms with van der Waals surface area (Å²) in [6.45, 7) is 0. The highest BCUT2D eigenvalue weighted by atomic mass is 16.7. The van der Waals surface area contributed by atoms with Gasteiger partial charge in [-0.05, 0) is 12.2 Å². The molecule has 6 heteroatoms. The van der Waals surface area contributed by atoms with Crippen LogP contribution in [0.4, 0.5) is 0 Å². The van der Waals surface area contributed by atoms with Crippen molar-refractivity contribution in [2.75, 3.05) is 0 Å². The molecule has 3 N–H and O–H groups in total. The minimum Gasteiger partial charge on any atom is -0.476 e. The van der Waals surface area contributed by atoms with Crippen molar-refractivity contribution in [3.63, 3.8) is 0 Å². The molecule has 0 aromatic heterocycles. The van der Waals surface area contributed by atoms with Crippen LogP contribution in [0.5, 0.6) is 0 Å². The SMILES string of the molecule is O=C(O)C1=CC=C(C(=O)O)ON1. The van der Waals surface area contributed by atoms with E-state index in [2.05, 4.69) is 4.84 Å². The second kappa shape index (κ2) is 2.95. The molecular formula is C6H5NO5. The van der Waals surface area contributed by atoms with Crippen LogP contribution in [0.25, 0.3) is 0 Å². The van der Waals surface area contributed by atoms with E-state index in [1.807, 2.05) is 5.48 Å². The van der Waals surface area contributed by atoms with Gasteiger partial charge < -0.3 is 15.1 Å². The molecule has 0 fully saturated rings. The largest absolute Gasteiger partial charge is 0.476 e. The van der Waals surface area contributed by atoms with Crippen molar-refractivity contribution >= 4 is 11.9 Å². The van der Waals surface area contributed by atoms with Crippen LogP contribution in [0, 0.1) is 0 Å². The van der Waals surface area contributed by atoms with E-state index in [-0.39, 0.29) is 11.5 Å². The predicted molar refractivity (Wildman–Crippen MR) is 35.7 cm³/mol. The zero-order chi connectivity index (χ0) is 9.14. The van der Waals surface area contributed by atoms with E-state index in [4.69, 9.17) is 10.2 Å². The second-order valence-electron chi connectivity index (χ2n) is 1.93. The van der Waals surface area contributed by atoms with Gasteiger partial charge in [-0.1, -0.05) is 0 Å². The molecule has 0 radical (unpaired) electrons. The molecule has 6 nitrogen and oxygen atoms in total. The molecule has 0 saturated heterocycles. The third kappa shape index (κ3) is 1.54. The van der Waals surface area contributed by atoms with Crippen LogP contribution in [0.1, 0.15) is 0 Å². The molecule has 0 amide bonds. The van der Waals surface area contributed by atoms with Gasteiger partial charge in [-0.2, -0.15) is 0 Å². The van der Waals surface area contributed by atoms with Gasteiger partial charge in [0.05, 0.1) is 0 Å². The summed E-state index contributed by atoms with van der Waals surface area (Å²) in [6, 6.07) is 0. The fourth-order valence-corrected chi connectivity index (χ4v) is 0.567. The smallest absolute Gasteiger partial charge is 0.374 e. The lowest BCUT2D eigenvalue weighted by molar-refractivity contribution is -0.140. The standard InChI is InChI=1S/C6H5NO5/c8-5(9)3-1-2-4(6(10)11)12-7-3/h1-2,7H,(H,8,9)(H,10,11). The Bertz CT molecular complexity index is 260. The number of hydrogen-bond acceptors (Lipinski definition) is 4. The molecule has 0 spiro atoms. The maximum Gasteiger partial charge on any atom is 0.374 e. The molecular weight excluding hydrogens is 166 g/mol. The van der Waals surface area contributed by atoms with E-state index in [0.717, 1.165) is 12.2 Å². The molecule has 1 heterocycles. The molecule has 0 bridgehead atoms. The van der Waals surface area contributed by atoms with Gasteiger partial charge in [-0.3, -0.25) is 0 Å². The summed E-state index contributed by atoms with van der Waals surface area (Å²) in [5.41, 5.74) is 1.75. The Morgan fingerprint density at radius 2 is 1.92 bits per heavy atom. The van der Waals surface area contributed by atoms with Crippen LogP contribution in [-0.2, 0) is 14.4 Å². The summed E-state index contributed by atoms with van der Waals surface area (Å²) in [4.78, 5) is 24.8. The molecule has 0 unspecified atom stereocenters. The Kier molecular flexibility index (Phi) is 2.00. The Morgan fingerprint density at radius 3 is 2.25 bits per heavy atom. The number of hydrogen-bond donors (Lipinski definition) is 3. The van der Waals surface area contributed by atoms with Crippen LogP contribution < -0.4 is 5.48 Å². The van der Waals surface area contributed by atoms with Crippen LogP contribution in [0.15, 0.2) is 23.6 Å². The van der Waals surface area contributed by atoms with Crippen molar-refractivity contribution in [1.29, 1.82) is 0 Å². The van der Waals surface area contributed by atoms with Crippen molar-refractivity contribution in [2.24, 2.45) is 0 Å². The van der Waals surface area contributed by atoms with Crippen LogP contribution >= 0.6 is 0 Å². The molecule has 12 heavy (non-hydrogen) atoms. The lowest BCUT2D eigenvalue weighted by Crippen LogP contribution is -2.25. The highest BCUT2D eigenvalue weighted by molar-refractivity contribution is 5.89. The Hall–Kier alpha value is -1.98. The molecule has 64 valence electrons. The van der Waals surface area contributed by atoms with E-state index in [9.17, 15) is 9.59 Å². The third-order valence-electron chi connectivity index (χ3n) is 1.11. The predicted octanol–water partition coefficient (Wildman–Crippen LogP) is -0.542. The molecule has 1 rings (SSSR count). The van der Waals surface area contributed by atoms with E-state index >= 15 is 0 Å². The summed E-state index contributed by atoms with van der Waals surface area (Å²) >= 11 is 0. The van der Waals surface area contributed by atoms with Crippen LogP contribution in [0.2, 0.25) is 0 Å². The second-order valence-corrected chi connectivity index (χ2v) is 1.93. The van der Waals surface area contributed by atoms with Crippen molar-refractivity contribution < 1.29 is 24.6 Å². The Balaban J connectivity index is 2.80. The molecule has 0 aromatic rings. The van der Waals surface area contributed by atoms with E-state index < -0.39 is 11.9 Å². The fourth-order valence-electron chi connectivity index (χ4n) is 0.567. The third-order valence-corrected chi connectivity index (χ3v) is 1.11. The summed E-state index contributed by atoms with van der Waals surface area (Å²) < 4.78 is 0. The van der Waals surface area contributed by atoms with Crippen molar-refractivity contribution in [1.82, 2.24) is 5.48 Å². The molecule has 0 atom stereocenters. The number of carboxylic acids is 2. The summed E-state index contributed by atoms with van der Waals surface area (Å²) in [6.07, 6.45) is 2.16. The number of hydroxylamine groups is 1. The van der Waals surface area contributed by atoms with Gasteiger partial charge in [-0.25, -0.2) is 15.1 Å². The number of rotatable bonds is 2. The summed E-state index contributed by atoms with van der Waals surface area (Å²) in [7, 11) is 0. The van der Waals surface area contributed by atoms with Gasteiger partial charge in [0.1, 0.15) is 0 Å². The number of carboxylic acid groups (broad SMARTS) is 2. The Morgan fingerprint density at radius 1 is 1.25 bits per heavy atom. The summed E-state index contributed by atoms with van der Waals surface area (Å²) in [5.74, 6) is -2.82. The van der Waals surface area contributed by atoms with Gasteiger partial charge in [0.25, 0.3) is 0 Å². The van der Waals surface area contributed by atoms with Crippen LogP contribution in [0.3, 0.4) is 0 Å². The topological polar surface area (TPSA) is 95.9 Å². The van der Waals surface area contributed by atoms with E-state index in [1.165, 1.54) is 0 Å². The monoisotopic (exact) mass is 171 g/mol. The zero-order valence-corrected chi connectivity index (χ0v) is 5.77. The lowest BCUT2D eigenvalue weighted by atomic mass is 10.3. The average molecular weight is 171 g/mol. The van der Waals surface area contributed by atoms with Crippen molar-refractivity contribution in [2.45, 2.75) is 0 Å². The van der Waals surface area contributed by atoms with E-state index in [0.29, 0.717) is 0 Å². The highest BCUT2D eigenvalue weighted by Gasteiger charge is 2.16. The van der Waals surface area contributed by atoms with Crippen molar-refractivity contribution in [3.05, 3.63) is 23.6 Å². The molecule has 1 aliphatic rings. The average Bonchev–Trinajstić information content (AvgIpc) is 2.04. The highest BCUT2D eigenvalue weighted by Crippen LogP contribution is 2.05. The van der Waals surface area contributed by atoms with E-state index in [1.54, 1.807) is 0 Å². The summed E-state index contributed by atoms with van der Waals surface area (Å²) in [5, 5.41) is 16.7. The van der Waals surface area contributed by atoms with Crippen LogP contribution in [-0.4, -0.2) is 22.2 Å². The van der Waals surface area contributed by atoms with Gasteiger partial charge in [0, 0.05) is 0 Å². The van der Waals surface area contributed by atoms with Gasteiger partial charge >= 0.3 is 11.9 Å². The number of aliphatic carboxylic acids is 2. The first-order valence-corrected chi connectivity index (χ1v) is 2.92. The lowest BCUT2D eigenvalue weighted by Gasteiger charge is -2.11. The molecule has 0 aliphatic carbocycles. The molecule has 0 aromatic carbocycles. The first-order chi connectivity index (χ1) is 5.61. The Labute approximate surface area is 66.7 Å². The first-order valence-electron chi connectivity index (χ1n) is 2.92. The zero-order valence-electron chi connectivity index (χ0n) is 5.77. The van der Waals surface area contributed by atoms with Crippen molar-refractivity contribution in [3.8, 4) is 0 Å².